The summed E-state index contributed by atoms with van der Waals surface area (Å²) >= 11 is 0. The summed E-state index contributed by atoms with van der Waals surface area (Å²) in [6, 6.07) is 5.29. The van der Waals surface area contributed by atoms with Gasteiger partial charge in [0.2, 0.25) is 20.0 Å². The Kier molecular flexibility index (Phi) is 5.79. The molecule has 1 aliphatic rings. The van der Waals surface area contributed by atoms with Crippen molar-refractivity contribution in [2.45, 2.75) is 23.6 Å². The highest BCUT2D eigenvalue weighted by Crippen LogP contribution is 2.19. The van der Waals surface area contributed by atoms with E-state index in [4.69, 9.17) is 4.74 Å². The number of nitrogens with one attached hydrogen (secondary N) is 1. The van der Waals surface area contributed by atoms with Crippen molar-refractivity contribution in [3.8, 4) is 0 Å². The third-order valence-corrected chi connectivity index (χ3v) is 6.78. The first kappa shape index (κ1) is 18.3. The lowest BCUT2D eigenvalue weighted by Gasteiger charge is -2.26. The number of sulfonamides is 2. The molecule has 9 heteroatoms. The van der Waals surface area contributed by atoms with E-state index < -0.39 is 20.0 Å². The van der Waals surface area contributed by atoms with E-state index >= 15 is 0 Å². The second-order valence-electron chi connectivity index (χ2n) is 5.73. The number of benzene rings is 1. The molecule has 1 N–H and O–H groups in total. The molecule has 1 heterocycles. The van der Waals surface area contributed by atoms with Crippen molar-refractivity contribution in [1.29, 1.82) is 0 Å². The number of rotatable bonds is 6. The molecular weight excluding hydrogens is 340 g/mol. The summed E-state index contributed by atoms with van der Waals surface area (Å²) in [5, 5.41) is 0. The summed E-state index contributed by atoms with van der Waals surface area (Å²) in [7, 11) is -7.23. The van der Waals surface area contributed by atoms with Crippen LogP contribution in [0.3, 0.4) is 0 Å². The maximum Gasteiger partial charge on any atom is 0.243 e. The van der Waals surface area contributed by atoms with Gasteiger partial charge < -0.3 is 4.74 Å². The summed E-state index contributed by atoms with van der Waals surface area (Å²) in [5.74, 6) is 0.186. The average molecular weight is 362 g/mol. The lowest BCUT2D eigenvalue weighted by Crippen LogP contribution is -2.40. The molecule has 2 rings (SSSR count). The van der Waals surface area contributed by atoms with E-state index in [1.807, 2.05) is 13.8 Å². The van der Waals surface area contributed by atoms with Crippen molar-refractivity contribution in [3.05, 3.63) is 24.3 Å². The maximum absolute atomic E-state index is 12.5. The molecule has 0 aromatic heterocycles. The van der Waals surface area contributed by atoms with Crippen LogP contribution in [-0.2, 0) is 24.8 Å². The SMILES string of the molecule is CC(C)CNS(=O)(=O)c1ccc(S(=O)(=O)N2CCOCC2)cc1. The second-order valence-corrected chi connectivity index (χ2v) is 9.44. The Morgan fingerprint density at radius 1 is 1.04 bits per heavy atom. The Morgan fingerprint density at radius 3 is 2.09 bits per heavy atom. The molecule has 1 fully saturated rings. The number of hydrogen-bond donors (Lipinski definition) is 1. The average Bonchev–Trinajstić information content (AvgIpc) is 2.54. The number of morpholine rings is 1. The Labute approximate surface area is 137 Å². The fourth-order valence-corrected chi connectivity index (χ4v) is 4.71. The number of nitrogens with zero attached hydrogens (tertiary/aromatic N) is 1. The fourth-order valence-electron chi connectivity index (χ4n) is 2.09. The molecule has 7 nitrogen and oxygen atoms in total. The molecule has 0 aliphatic carbocycles. The zero-order chi connectivity index (χ0) is 17.1. The fraction of sp³-hybridized carbons (Fsp3) is 0.571. The van der Waals surface area contributed by atoms with Crippen LogP contribution in [0.5, 0.6) is 0 Å². The van der Waals surface area contributed by atoms with Gasteiger partial charge in [0.25, 0.3) is 0 Å². The number of ether oxygens (including phenoxy) is 1. The highest BCUT2D eigenvalue weighted by molar-refractivity contribution is 7.89. The lowest BCUT2D eigenvalue weighted by molar-refractivity contribution is 0.0730. The molecule has 0 unspecified atom stereocenters. The first-order chi connectivity index (χ1) is 10.7. The summed E-state index contributed by atoms with van der Waals surface area (Å²) in [6.45, 7) is 5.48. The van der Waals surface area contributed by atoms with Crippen molar-refractivity contribution in [1.82, 2.24) is 9.03 Å². The summed E-state index contributed by atoms with van der Waals surface area (Å²) in [5.41, 5.74) is 0. The predicted octanol–water partition coefficient (Wildman–Crippen LogP) is 0.642. The highest BCUT2D eigenvalue weighted by atomic mass is 32.2. The van der Waals surface area contributed by atoms with E-state index in [0.29, 0.717) is 32.8 Å². The summed E-state index contributed by atoms with van der Waals surface area (Å²) in [4.78, 5) is 0.140. The minimum Gasteiger partial charge on any atom is -0.379 e. The van der Waals surface area contributed by atoms with Gasteiger partial charge in [-0.2, -0.15) is 4.31 Å². The molecule has 130 valence electrons. The summed E-state index contributed by atoms with van der Waals surface area (Å²) < 4.78 is 58.1. The van der Waals surface area contributed by atoms with Crippen molar-refractivity contribution < 1.29 is 21.6 Å². The monoisotopic (exact) mass is 362 g/mol. The Morgan fingerprint density at radius 2 is 1.57 bits per heavy atom. The first-order valence-corrected chi connectivity index (χ1v) is 10.3. The van der Waals surface area contributed by atoms with Gasteiger partial charge in [-0.15, -0.1) is 0 Å². The van der Waals surface area contributed by atoms with Crippen LogP contribution >= 0.6 is 0 Å². The minimum absolute atomic E-state index is 0.0547. The molecule has 1 aliphatic heterocycles. The third kappa shape index (κ3) is 4.51. The standard InChI is InChI=1S/C14H22N2O5S2/c1-12(2)11-15-22(17,18)13-3-5-14(6-4-13)23(19,20)16-7-9-21-10-8-16/h3-6,12,15H,7-11H2,1-2H3. The molecule has 0 amide bonds. The third-order valence-electron chi connectivity index (χ3n) is 3.42. The second kappa shape index (κ2) is 7.27. The van der Waals surface area contributed by atoms with Crippen LogP contribution in [0.25, 0.3) is 0 Å². The van der Waals surface area contributed by atoms with Crippen LogP contribution in [0, 0.1) is 5.92 Å². The molecule has 23 heavy (non-hydrogen) atoms. The van der Waals surface area contributed by atoms with E-state index in [1.165, 1.54) is 28.6 Å². The predicted molar refractivity (Wildman–Crippen MR) is 86.0 cm³/mol. The molecular formula is C14H22N2O5S2. The highest BCUT2D eigenvalue weighted by Gasteiger charge is 2.26. The van der Waals surface area contributed by atoms with Crippen molar-refractivity contribution in [2.24, 2.45) is 5.92 Å². The van der Waals surface area contributed by atoms with E-state index in [2.05, 4.69) is 4.72 Å². The van der Waals surface area contributed by atoms with Crippen LogP contribution in [0.15, 0.2) is 34.1 Å². The summed E-state index contributed by atoms with van der Waals surface area (Å²) in [6.07, 6.45) is 0. The van der Waals surface area contributed by atoms with Crippen LogP contribution in [0.4, 0.5) is 0 Å². The van der Waals surface area contributed by atoms with Gasteiger partial charge in [-0.3, -0.25) is 0 Å². The number of hydrogen-bond acceptors (Lipinski definition) is 5. The van der Waals surface area contributed by atoms with Crippen LogP contribution in [0.2, 0.25) is 0 Å². The van der Waals surface area contributed by atoms with Gasteiger partial charge in [-0.25, -0.2) is 21.6 Å². The molecule has 1 aromatic carbocycles. The quantitative estimate of drug-likeness (QED) is 0.802. The van der Waals surface area contributed by atoms with E-state index in [0.717, 1.165) is 0 Å². The van der Waals surface area contributed by atoms with E-state index in [9.17, 15) is 16.8 Å². The van der Waals surface area contributed by atoms with Crippen molar-refractivity contribution >= 4 is 20.0 Å². The van der Waals surface area contributed by atoms with Gasteiger partial charge in [0, 0.05) is 19.6 Å². The van der Waals surface area contributed by atoms with Crippen LogP contribution < -0.4 is 4.72 Å². The van der Waals surface area contributed by atoms with Gasteiger partial charge in [-0.05, 0) is 30.2 Å². The molecule has 0 bridgehead atoms. The largest absolute Gasteiger partial charge is 0.379 e. The van der Waals surface area contributed by atoms with Crippen LogP contribution in [0.1, 0.15) is 13.8 Å². The maximum atomic E-state index is 12.5. The Balaban J connectivity index is 2.18. The van der Waals surface area contributed by atoms with Gasteiger partial charge in [-0.1, -0.05) is 13.8 Å². The van der Waals surface area contributed by atoms with Crippen molar-refractivity contribution in [2.75, 3.05) is 32.8 Å². The van der Waals surface area contributed by atoms with Gasteiger partial charge in [0.1, 0.15) is 0 Å². The molecule has 0 radical (unpaired) electrons. The van der Waals surface area contributed by atoms with Gasteiger partial charge in [0.05, 0.1) is 23.0 Å². The molecule has 1 saturated heterocycles. The van der Waals surface area contributed by atoms with E-state index in [1.54, 1.807) is 0 Å². The minimum atomic E-state index is -3.62. The first-order valence-electron chi connectivity index (χ1n) is 7.41. The Bertz CT molecular complexity index is 721. The van der Waals surface area contributed by atoms with Gasteiger partial charge in [0.15, 0.2) is 0 Å². The topological polar surface area (TPSA) is 92.8 Å². The molecule has 0 spiro atoms. The zero-order valence-electron chi connectivity index (χ0n) is 13.2. The van der Waals surface area contributed by atoms with E-state index in [-0.39, 0.29) is 15.7 Å². The molecule has 0 atom stereocenters. The molecule has 0 saturated carbocycles. The molecule has 1 aromatic rings. The smallest absolute Gasteiger partial charge is 0.243 e. The van der Waals surface area contributed by atoms with Gasteiger partial charge >= 0.3 is 0 Å². The van der Waals surface area contributed by atoms with Crippen molar-refractivity contribution in [3.63, 3.8) is 0 Å². The zero-order valence-corrected chi connectivity index (χ0v) is 14.9. The lowest BCUT2D eigenvalue weighted by atomic mass is 10.2. The Hall–Kier alpha value is -1.00. The normalized spacial score (nSPS) is 17.5. The van der Waals surface area contributed by atoms with Crippen LogP contribution in [-0.4, -0.2) is 54.0 Å².